The third kappa shape index (κ3) is 4.94. The third-order valence-electron chi connectivity index (χ3n) is 3.70. The number of piperidine rings is 1. The highest BCUT2D eigenvalue weighted by Gasteiger charge is 2.24. The Morgan fingerprint density at radius 3 is 2.67 bits per heavy atom. The summed E-state index contributed by atoms with van der Waals surface area (Å²) in [4.78, 5) is 14.4. The molecule has 1 rings (SSSR count). The van der Waals surface area contributed by atoms with Gasteiger partial charge < -0.3 is 15.0 Å². The van der Waals surface area contributed by atoms with Crippen molar-refractivity contribution in [1.29, 1.82) is 0 Å². The number of ether oxygens (including phenoxy) is 1. The molecule has 18 heavy (non-hydrogen) atoms. The Kier molecular flexibility index (Phi) is 7.28. The molecular weight excluding hydrogens is 228 g/mol. The minimum Gasteiger partial charge on any atom is -0.382 e. The quantitative estimate of drug-likeness (QED) is 0.755. The summed E-state index contributed by atoms with van der Waals surface area (Å²) in [6.07, 6.45) is 4.82. The maximum Gasteiger partial charge on any atom is 0.222 e. The van der Waals surface area contributed by atoms with Crippen molar-refractivity contribution in [2.24, 2.45) is 0 Å². The molecule has 1 aliphatic heterocycles. The fourth-order valence-corrected chi connectivity index (χ4v) is 2.46. The molecule has 106 valence electrons. The van der Waals surface area contributed by atoms with E-state index in [0.717, 1.165) is 45.3 Å². The summed E-state index contributed by atoms with van der Waals surface area (Å²) in [6, 6.07) is 0.441. The second-order valence-electron chi connectivity index (χ2n) is 5.15. The molecule has 0 saturated carbocycles. The summed E-state index contributed by atoms with van der Waals surface area (Å²) in [5, 5.41) is 3.35. The lowest BCUT2D eigenvalue weighted by Gasteiger charge is -2.35. The Labute approximate surface area is 111 Å². The number of methoxy groups -OCH3 is 1. The van der Waals surface area contributed by atoms with E-state index in [1.165, 1.54) is 0 Å². The topological polar surface area (TPSA) is 41.6 Å². The molecule has 0 aromatic rings. The Bertz CT molecular complexity index is 240. The first kappa shape index (κ1) is 15.4. The van der Waals surface area contributed by atoms with E-state index in [1.807, 2.05) is 6.92 Å². The minimum absolute atomic E-state index is 0.172. The predicted molar refractivity (Wildman–Crippen MR) is 73.6 cm³/mol. The molecule has 0 radical (unpaired) electrons. The van der Waals surface area contributed by atoms with Crippen molar-refractivity contribution in [1.82, 2.24) is 10.2 Å². The van der Waals surface area contributed by atoms with Gasteiger partial charge in [0, 0.05) is 26.1 Å². The van der Waals surface area contributed by atoms with Gasteiger partial charge in [0.2, 0.25) is 5.91 Å². The van der Waals surface area contributed by atoms with E-state index in [4.69, 9.17) is 4.74 Å². The highest BCUT2D eigenvalue weighted by atomic mass is 16.5. The van der Waals surface area contributed by atoms with Crippen LogP contribution in [0.4, 0.5) is 0 Å². The van der Waals surface area contributed by atoms with Crippen LogP contribution in [0, 0.1) is 0 Å². The van der Waals surface area contributed by atoms with Crippen LogP contribution in [-0.4, -0.2) is 49.7 Å². The molecule has 1 fully saturated rings. The SMILES string of the molecule is CCCN(C(=O)CCC(C)OC)C1CCNCC1. The lowest BCUT2D eigenvalue weighted by atomic mass is 10.0. The Morgan fingerprint density at radius 2 is 2.11 bits per heavy atom. The van der Waals surface area contributed by atoms with Crippen LogP contribution >= 0.6 is 0 Å². The largest absolute Gasteiger partial charge is 0.382 e. The number of rotatable bonds is 7. The normalized spacial score (nSPS) is 18.6. The standard InChI is InChI=1S/C14H28N2O2/c1-4-11-16(13-7-9-15-10-8-13)14(17)6-5-12(2)18-3/h12-13,15H,4-11H2,1-3H3. The van der Waals surface area contributed by atoms with Crippen LogP contribution in [0.1, 0.15) is 46.0 Å². The Balaban J connectivity index is 2.46. The lowest BCUT2D eigenvalue weighted by Crippen LogP contribution is -2.46. The smallest absolute Gasteiger partial charge is 0.222 e. The van der Waals surface area contributed by atoms with Crippen LogP contribution in [0.5, 0.6) is 0 Å². The van der Waals surface area contributed by atoms with Gasteiger partial charge in [0.15, 0.2) is 0 Å². The van der Waals surface area contributed by atoms with Crippen molar-refractivity contribution in [2.45, 2.75) is 58.1 Å². The van der Waals surface area contributed by atoms with Gasteiger partial charge in [0.25, 0.3) is 0 Å². The minimum atomic E-state index is 0.172. The molecule has 1 N–H and O–H groups in total. The van der Waals surface area contributed by atoms with E-state index < -0.39 is 0 Å². The van der Waals surface area contributed by atoms with Crippen LogP contribution in [-0.2, 0) is 9.53 Å². The maximum absolute atomic E-state index is 12.3. The van der Waals surface area contributed by atoms with Gasteiger partial charge in [-0.1, -0.05) is 6.92 Å². The van der Waals surface area contributed by atoms with Gasteiger partial charge in [-0.2, -0.15) is 0 Å². The van der Waals surface area contributed by atoms with Gasteiger partial charge in [-0.15, -0.1) is 0 Å². The first-order chi connectivity index (χ1) is 8.69. The number of hydrogen-bond donors (Lipinski definition) is 1. The number of carbonyl (C=O) groups excluding carboxylic acids is 1. The van der Waals surface area contributed by atoms with Crippen LogP contribution in [0.2, 0.25) is 0 Å². The molecule has 1 atom stereocenters. The zero-order valence-corrected chi connectivity index (χ0v) is 12.1. The number of nitrogens with one attached hydrogen (secondary N) is 1. The first-order valence-corrected chi connectivity index (χ1v) is 7.22. The molecule has 0 bridgehead atoms. The molecule has 1 saturated heterocycles. The van der Waals surface area contributed by atoms with E-state index >= 15 is 0 Å². The average Bonchev–Trinajstić information content (AvgIpc) is 2.42. The zero-order valence-electron chi connectivity index (χ0n) is 12.1. The van der Waals surface area contributed by atoms with Crippen molar-refractivity contribution < 1.29 is 9.53 Å². The summed E-state index contributed by atoms with van der Waals surface area (Å²) in [5.41, 5.74) is 0. The van der Waals surface area contributed by atoms with Crippen molar-refractivity contribution in [3.8, 4) is 0 Å². The van der Waals surface area contributed by atoms with Crippen molar-refractivity contribution in [3.05, 3.63) is 0 Å². The summed E-state index contributed by atoms with van der Waals surface area (Å²) in [5.74, 6) is 0.299. The molecule has 1 heterocycles. The van der Waals surface area contributed by atoms with Crippen molar-refractivity contribution in [2.75, 3.05) is 26.7 Å². The van der Waals surface area contributed by atoms with Crippen LogP contribution in [0.25, 0.3) is 0 Å². The van der Waals surface area contributed by atoms with Gasteiger partial charge in [0.05, 0.1) is 6.10 Å². The van der Waals surface area contributed by atoms with Crippen LogP contribution in [0.3, 0.4) is 0 Å². The number of carbonyl (C=O) groups is 1. The summed E-state index contributed by atoms with van der Waals surface area (Å²) >= 11 is 0. The van der Waals surface area contributed by atoms with Gasteiger partial charge in [-0.05, 0) is 45.7 Å². The first-order valence-electron chi connectivity index (χ1n) is 7.22. The highest BCUT2D eigenvalue weighted by Crippen LogP contribution is 2.15. The van der Waals surface area contributed by atoms with Gasteiger partial charge in [-0.3, -0.25) is 4.79 Å². The number of amides is 1. The molecule has 4 nitrogen and oxygen atoms in total. The average molecular weight is 256 g/mol. The second-order valence-corrected chi connectivity index (χ2v) is 5.15. The Hall–Kier alpha value is -0.610. The summed E-state index contributed by atoms with van der Waals surface area (Å²) in [6.45, 7) is 7.12. The fraction of sp³-hybridized carbons (Fsp3) is 0.929. The van der Waals surface area contributed by atoms with E-state index in [1.54, 1.807) is 7.11 Å². The van der Waals surface area contributed by atoms with Crippen molar-refractivity contribution in [3.63, 3.8) is 0 Å². The molecule has 1 unspecified atom stereocenters. The monoisotopic (exact) mass is 256 g/mol. The summed E-state index contributed by atoms with van der Waals surface area (Å²) < 4.78 is 5.21. The lowest BCUT2D eigenvalue weighted by molar-refractivity contribution is -0.134. The van der Waals surface area contributed by atoms with E-state index in [-0.39, 0.29) is 6.10 Å². The fourth-order valence-electron chi connectivity index (χ4n) is 2.46. The third-order valence-corrected chi connectivity index (χ3v) is 3.70. The van der Waals surface area contributed by atoms with E-state index in [0.29, 0.717) is 18.4 Å². The molecule has 1 amide bonds. The molecule has 0 aromatic heterocycles. The Morgan fingerprint density at radius 1 is 1.44 bits per heavy atom. The van der Waals surface area contributed by atoms with Crippen molar-refractivity contribution >= 4 is 5.91 Å². The molecule has 0 aliphatic carbocycles. The van der Waals surface area contributed by atoms with Gasteiger partial charge >= 0.3 is 0 Å². The zero-order chi connectivity index (χ0) is 13.4. The summed E-state index contributed by atoms with van der Waals surface area (Å²) in [7, 11) is 1.70. The number of nitrogens with zero attached hydrogens (tertiary/aromatic N) is 1. The maximum atomic E-state index is 12.3. The highest BCUT2D eigenvalue weighted by molar-refractivity contribution is 5.76. The van der Waals surface area contributed by atoms with Crippen LogP contribution in [0.15, 0.2) is 0 Å². The van der Waals surface area contributed by atoms with E-state index in [9.17, 15) is 4.79 Å². The van der Waals surface area contributed by atoms with Gasteiger partial charge in [0.1, 0.15) is 0 Å². The number of hydrogen-bond acceptors (Lipinski definition) is 3. The molecular formula is C14H28N2O2. The van der Waals surface area contributed by atoms with E-state index in [2.05, 4.69) is 17.1 Å². The molecule has 4 heteroatoms. The molecule has 0 spiro atoms. The van der Waals surface area contributed by atoms with Gasteiger partial charge in [-0.25, -0.2) is 0 Å². The van der Waals surface area contributed by atoms with Crippen LogP contribution < -0.4 is 5.32 Å². The predicted octanol–water partition coefficient (Wildman–Crippen LogP) is 1.79. The second kappa shape index (κ2) is 8.48. The molecule has 1 aliphatic rings. The molecule has 0 aromatic carbocycles.